The molecule has 0 aromatic heterocycles. The number of carbonyl (C=O) groups excluding carboxylic acids is 1. The number of carboxylic acids is 1. The number of amides is 1. The first-order valence-corrected chi connectivity index (χ1v) is 7.76. The van der Waals surface area contributed by atoms with Gasteiger partial charge in [-0.15, -0.1) is 0 Å². The molecule has 5 nitrogen and oxygen atoms in total. The molecule has 1 N–H and O–H groups in total. The zero-order valence-electron chi connectivity index (χ0n) is 12.2. The standard InChI is InChI=1S/C15H25NO4/c1-2-20-11-6-5-9-16(10-11)14(17)12-7-3-4-8-13(12)15(18)19/h11-13H,2-10H2,1H3,(H,18,19). The summed E-state index contributed by atoms with van der Waals surface area (Å²) in [6.07, 6.45) is 5.28. The van der Waals surface area contributed by atoms with Crippen LogP contribution in [0.1, 0.15) is 45.4 Å². The molecular weight excluding hydrogens is 258 g/mol. The molecule has 3 atom stereocenters. The molecule has 2 aliphatic rings. The Labute approximate surface area is 120 Å². The number of hydrogen-bond donors (Lipinski definition) is 1. The first-order valence-electron chi connectivity index (χ1n) is 7.76. The zero-order chi connectivity index (χ0) is 14.5. The predicted octanol–water partition coefficient (Wildman–Crippen LogP) is 1.90. The van der Waals surface area contributed by atoms with E-state index in [-0.39, 0.29) is 17.9 Å². The van der Waals surface area contributed by atoms with Gasteiger partial charge < -0.3 is 14.7 Å². The van der Waals surface area contributed by atoms with Gasteiger partial charge in [-0.1, -0.05) is 12.8 Å². The maximum atomic E-state index is 12.6. The van der Waals surface area contributed by atoms with Crippen molar-refractivity contribution in [2.24, 2.45) is 11.8 Å². The quantitative estimate of drug-likeness (QED) is 0.855. The summed E-state index contributed by atoms with van der Waals surface area (Å²) >= 11 is 0. The molecule has 0 radical (unpaired) electrons. The highest BCUT2D eigenvalue weighted by Crippen LogP contribution is 2.32. The summed E-state index contributed by atoms with van der Waals surface area (Å²) in [6.45, 7) is 3.98. The monoisotopic (exact) mass is 283 g/mol. The van der Waals surface area contributed by atoms with Crippen LogP contribution >= 0.6 is 0 Å². The highest BCUT2D eigenvalue weighted by atomic mass is 16.5. The molecule has 0 aromatic rings. The number of rotatable bonds is 4. The summed E-state index contributed by atoms with van der Waals surface area (Å²) in [5, 5.41) is 9.30. The number of likely N-dealkylation sites (tertiary alicyclic amines) is 1. The minimum Gasteiger partial charge on any atom is -0.481 e. The van der Waals surface area contributed by atoms with Crippen LogP contribution in [0, 0.1) is 11.8 Å². The molecular formula is C15H25NO4. The number of carbonyl (C=O) groups is 2. The minimum absolute atomic E-state index is 0.0292. The average molecular weight is 283 g/mol. The van der Waals surface area contributed by atoms with E-state index in [2.05, 4.69) is 0 Å². The van der Waals surface area contributed by atoms with Crippen LogP contribution in [0.15, 0.2) is 0 Å². The fourth-order valence-corrected chi connectivity index (χ4v) is 3.47. The van der Waals surface area contributed by atoms with Gasteiger partial charge in [0.25, 0.3) is 0 Å². The Morgan fingerprint density at radius 1 is 1.15 bits per heavy atom. The molecule has 0 spiro atoms. The maximum Gasteiger partial charge on any atom is 0.307 e. The highest BCUT2D eigenvalue weighted by Gasteiger charge is 2.38. The summed E-state index contributed by atoms with van der Waals surface area (Å²) in [4.78, 5) is 25.8. The van der Waals surface area contributed by atoms with Crippen molar-refractivity contribution in [3.8, 4) is 0 Å². The maximum absolute atomic E-state index is 12.6. The van der Waals surface area contributed by atoms with E-state index in [1.54, 1.807) is 0 Å². The van der Waals surface area contributed by atoms with Gasteiger partial charge in [0, 0.05) is 19.7 Å². The Balaban J connectivity index is 1.99. The van der Waals surface area contributed by atoms with Crippen molar-refractivity contribution in [3.63, 3.8) is 0 Å². The van der Waals surface area contributed by atoms with Crippen molar-refractivity contribution < 1.29 is 19.4 Å². The molecule has 0 aromatic carbocycles. The van der Waals surface area contributed by atoms with Gasteiger partial charge in [-0.3, -0.25) is 9.59 Å². The zero-order valence-corrected chi connectivity index (χ0v) is 12.2. The first-order chi connectivity index (χ1) is 9.63. The lowest BCUT2D eigenvalue weighted by molar-refractivity contribution is -0.154. The Morgan fingerprint density at radius 2 is 1.85 bits per heavy atom. The molecule has 1 heterocycles. The van der Waals surface area contributed by atoms with Gasteiger partial charge >= 0.3 is 5.97 Å². The van der Waals surface area contributed by atoms with Gasteiger partial charge in [-0.25, -0.2) is 0 Å². The molecule has 5 heteroatoms. The fourth-order valence-electron chi connectivity index (χ4n) is 3.47. The molecule has 20 heavy (non-hydrogen) atoms. The van der Waals surface area contributed by atoms with Crippen LogP contribution in [0.2, 0.25) is 0 Å². The lowest BCUT2D eigenvalue weighted by atomic mass is 9.78. The number of piperidine rings is 1. The number of hydrogen-bond acceptors (Lipinski definition) is 3. The molecule has 114 valence electrons. The van der Waals surface area contributed by atoms with E-state index in [1.807, 2.05) is 11.8 Å². The van der Waals surface area contributed by atoms with E-state index >= 15 is 0 Å². The largest absolute Gasteiger partial charge is 0.481 e. The third kappa shape index (κ3) is 3.51. The Bertz CT molecular complexity index is 356. The molecule has 3 unspecified atom stereocenters. The second kappa shape index (κ2) is 7.07. The van der Waals surface area contributed by atoms with Crippen LogP contribution in [0.3, 0.4) is 0 Å². The van der Waals surface area contributed by atoms with Crippen molar-refractivity contribution in [2.45, 2.75) is 51.6 Å². The molecule has 1 saturated carbocycles. The minimum atomic E-state index is -0.818. The van der Waals surface area contributed by atoms with Gasteiger partial charge in [0.15, 0.2) is 0 Å². The highest BCUT2D eigenvalue weighted by molar-refractivity contribution is 5.85. The van der Waals surface area contributed by atoms with Crippen LogP contribution in [-0.4, -0.2) is 47.7 Å². The van der Waals surface area contributed by atoms with Crippen molar-refractivity contribution in [1.82, 2.24) is 4.90 Å². The van der Waals surface area contributed by atoms with Gasteiger partial charge in [0.05, 0.1) is 17.9 Å². The summed E-state index contributed by atoms with van der Waals surface area (Å²) in [6, 6.07) is 0. The molecule has 1 saturated heterocycles. The molecule has 1 amide bonds. The Kier molecular flexibility index (Phi) is 5.40. The molecule has 2 rings (SSSR count). The molecule has 1 aliphatic heterocycles. The van der Waals surface area contributed by atoms with Crippen molar-refractivity contribution in [1.29, 1.82) is 0 Å². The second-order valence-electron chi connectivity index (χ2n) is 5.84. The lowest BCUT2D eigenvalue weighted by Gasteiger charge is -2.37. The van der Waals surface area contributed by atoms with Crippen molar-refractivity contribution >= 4 is 11.9 Å². The second-order valence-corrected chi connectivity index (χ2v) is 5.84. The molecule has 1 aliphatic carbocycles. The van der Waals surface area contributed by atoms with E-state index in [0.717, 1.165) is 32.2 Å². The normalized spacial score (nSPS) is 31.1. The van der Waals surface area contributed by atoms with Crippen LogP contribution < -0.4 is 0 Å². The number of ether oxygens (including phenoxy) is 1. The molecule has 0 bridgehead atoms. The van der Waals surface area contributed by atoms with Gasteiger partial charge in [-0.05, 0) is 32.6 Å². The van der Waals surface area contributed by atoms with Crippen LogP contribution in [0.5, 0.6) is 0 Å². The average Bonchev–Trinajstić information content (AvgIpc) is 2.47. The smallest absolute Gasteiger partial charge is 0.307 e. The predicted molar refractivity (Wildman–Crippen MR) is 74.3 cm³/mol. The Hall–Kier alpha value is -1.10. The van der Waals surface area contributed by atoms with E-state index in [0.29, 0.717) is 26.0 Å². The topological polar surface area (TPSA) is 66.8 Å². The van der Waals surface area contributed by atoms with Crippen LogP contribution in [-0.2, 0) is 14.3 Å². The third-order valence-corrected chi connectivity index (χ3v) is 4.49. The van der Waals surface area contributed by atoms with E-state index in [4.69, 9.17) is 4.74 Å². The van der Waals surface area contributed by atoms with E-state index in [9.17, 15) is 14.7 Å². The van der Waals surface area contributed by atoms with E-state index < -0.39 is 11.9 Å². The van der Waals surface area contributed by atoms with Crippen LogP contribution in [0.4, 0.5) is 0 Å². The summed E-state index contributed by atoms with van der Waals surface area (Å²) in [7, 11) is 0. The third-order valence-electron chi connectivity index (χ3n) is 4.49. The fraction of sp³-hybridized carbons (Fsp3) is 0.867. The summed E-state index contributed by atoms with van der Waals surface area (Å²) in [5.74, 6) is -1.62. The summed E-state index contributed by atoms with van der Waals surface area (Å²) < 4.78 is 5.61. The van der Waals surface area contributed by atoms with Crippen LogP contribution in [0.25, 0.3) is 0 Å². The number of aliphatic carboxylic acids is 1. The number of carboxylic acid groups (broad SMARTS) is 1. The number of nitrogens with zero attached hydrogens (tertiary/aromatic N) is 1. The van der Waals surface area contributed by atoms with E-state index in [1.165, 1.54) is 0 Å². The van der Waals surface area contributed by atoms with Gasteiger partial charge in [-0.2, -0.15) is 0 Å². The van der Waals surface area contributed by atoms with Crippen molar-refractivity contribution in [3.05, 3.63) is 0 Å². The lowest BCUT2D eigenvalue weighted by Crippen LogP contribution is -2.48. The SMILES string of the molecule is CCOC1CCCN(C(=O)C2CCCCC2C(=O)O)C1. The summed E-state index contributed by atoms with van der Waals surface area (Å²) in [5.41, 5.74) is 0. The van der Waals surface area contributed by atoms with Crippen molar-refractivity contribution in [2.75, 3.05) is 19.7 Å². The van der Waals surface area contributed by atoms with Gasteiger partial charge in [0.2, 0.25) is 5.91 Å². The first kappa shape index (κ1) is 15.3. The molecule has 2 fully saturated rings. The Morgan fingerprint density at radius 3 is 2.50 bits per heavy atom. The van der Waals surface area contributed by atoms with Gasteiger partial charge in [0.1, 0.15) is 0 Å².